The molecule has 12 rings (SSSR count). The van der Waals surface area contributed by atoms with Crippen LogP contribution in [0.4, 0.5) is 0 Å². The van der Waals surface area contributed by atoms with Gasteiger partial charge in [-0.25, -0.2) is 0 Å². The van der Waals surface area contributed by atoms with E-state index < -0.39 is 11.6 Å². The van der Waals surface area contributed by atoms with Crippen LogP contribution >= 0.6 is 80.1 Å². The summed E-state index contributed by atoms with van der Waals surface area (Å²) in [4.78, 5) is 23.9. The molecule has 12 heterocycles. The molecule has 342 valence electrons. The van der Waals surface area contributed by atoms with E-state index in [1.54, 1.807) is 0 Å². The standard InChI is InChI=1S/C22H30ClIO6S.C21H28ClIO7/c1-3-31-16(25)9-13-4-5-14-17(26-13)21-20-19(27-14)18-15(28-20)10-22(29-18,30-21)7-6-12(23)8-11(2)24;1-10(23)7-11(22)5-6-21-9-14-17(29-21)18-19(28-14)20(30-21)16-13(27-18)4-3-12(26-16)8-15(24)25-2/h12-15,17-21H,2-10H2,1H3;11-14,16-20H,1,3-9H2,2H3/t12-,13-,14+,15-,17+,18?,19+,20?,21+,22+;11-,12-,13+,14-,16+,17?,18+,19?,20+,21+/m11/s1. The summed E-state index contributed by atoms with van der Waals surface area (Å²) in [6, 6.07) is 0. The highest BCUT2D eigenvalue weighted by atomic mass is 127. The Morgan fingerprint density at radius 3 is 1.51 bits per heavy atom. The van der Waals surface area contributed by atoms with Gasteiger partial charge in [0.1, 0.15) is 61.0 Å². The summed E-state index contributed by atoms with van der Waals surface area (Å²) in [5.74, 6) is -0.899. The summed E-state index contributed by atoms with van der Waals surface area (Å²) in [6.07, 6.45) is 7.53. The summed E-state index contributed by atoms with van der Waals surface area (Å²) < 4.78 is 71.6. The summed E-state index contributed by atoms with van der Waals surface area (Å²) in [6.45, 7) is 9.90. The fourth-order valence-electron chi connectivity index (χ4n) is 11.4. The summed E-state index contributed by atoms with van der Waals surface area (Å²) in [7, 11) is 1.40. The molecule has 12 saturated heterocycles. The summed E-state index contributed by atoms with van der Waals surface area (Å²) in [5, 5.41) is 0.185. The van der Waals surface area contributed by atoms with Gasteiger partial charge in [-0.2, -0.15) is 0 Å². The first-order chi connectivity index (χ1) is 29.2. The van der Waals surface area contributed by atoms with Gasteiger partial charge in [0, 0.05) is 42.9 Å². The third-order valence-electron chi connectivity index (χ3n) is 13.9. The van der Waals surface area contributed by atoms with Crippen LogP contribution in [0.2, 0.25) is 0 Å². The molecule has 0 spiro atoms. The number of thioether (sulfide) groups is 1. The fraction of sp³-hybridized carbons (Fsp3) is 0.860. The average molecular weight is 1140 g/mol. The first kappa shape index (κ1) is 46.7. The lowest BCUT2D eigenvalue weighted by molar-refractivity contribution is -0.292. The van der Waals surface area contributed by atoms with E-state index in [-0.39, 0.29) is 126 Å². The molecule has 0 aromatic heterocycles. The lowest BCUT2D eigenvalue weighted by atomic mass is 9.87. The van der Waals surface area contributed by atoms with Crippen molar-refractivity contribution in [2.45, 2.75) is 217 Å². The SMILES string of the molecule is C=C(I)C[C@H](Cl)CC[C@@]12C[C@H]3OC4[C@@H](O[C@H]5CC[C@H](CC(=O)OC)O[C@@H]5[C@@H]4O1)C3O2.C=C(I)C[C@H](Cl)CC[C@@]12C[C@H]3OC4[C@@H](O[C@H]5CC[C@H](CC(=O)SCC)O[C@@H]5[C@@H]4O1)C3O2. The molecular formula is C43H58Cl2I2O13S. The number of hydrogen-bond donors (Lipinski definition) is 0. The number of halogens is 4. The third-order valence-corrected chi connectivity index (χ3v) is 16.3. The number of esters is 1. The van der Waals surface area contributed by atoms with Crippen LogP contribution in [-0.4, -0.2) is 144 Å². The van der Waals surface area contributed by atoms with Crippen LogP contribution in [0.1, 0.15) is 96.8 Å². The molecule has 12 aliphatic heterocycles. The van der Waals surface area contributed by atoms with Gasteiger partial charge < -0.3 is 52.1 Å². The van der Waals surface area contributed by atoms with Gasteiger partial charge in [0.05, 0.1) is 50.2 Å². The number of ether oxygens (including phenoxy) is 11. The van der Waals surface area contributed by atoms with Crippen molar-refractivity contribution < 1.29 is 61.7 Å². The Morgan fingerprint density at radius 1 is 0.639 bits per heavy atom. The van der Waals surface area contributed by atoms with Gasteiger partial charge in [-0.3, -0.25) is 9.59 Å². The lowest BCUT2D eigenvalue weighted by Gasteiger charge is -2.47. The normalized spacial score (nSPS) is 46.4. The van der Waals surface area contributed by atoms with Crippen molar-refractivity contribution in [2.75, 3.05) is 12.9 Å². The molecule has 0 N–H and O–H groups in total. The minimum atomic E-state index is -0.722. The van der Waals surface area contributed by atoms with Crippen molar-refractivity contribution in [1.29, 1.82) is 0 Å². The largest absolute Gasteiger partial charge is 0.469 e. The third kappa shape index (κ3) is 9.82. The van der Waals surface area contributed by atoms with E-state index >= 15 is 0 Å². The lowest BCUT2D eigenvalue weighted by Crippen LogP contribution is -2.61. The highest BCUT2D eigenvalue weighted by Crippen LogP contribution is 2.56. The highest BCUT2D eigenvalue weighted by Gasteiger charge is 2.70. The van der Waals surface area contributed by atoms with Crippen LogP contribution in [0, 0.1) is 0 Å². The molecule has 0 aromatic rings. The monoisotopic (exact) mass is 1140 g/mol. The molecule has 0 aliphatic carbocycles. The molecule has 0 amide bonds. The first-order valence-corrected chi connectivity index (χ1v) is 26.1. The molecule has 0 radical (unpaired) electrons. The molecule has 20 atom stereocenters. The van der Waals surface area contributed by atoms with Crippen LogP contribution in [0.25, 0.3) is 0 Å². The minimum Gasteiger partial charge on any atom is -0.469 e. The van der Waals surface area contributed by atoms with Crippen LogP contribution in [0.15, 0.2) is 20.3 Å². The number of rotatable bonds is 15. The smallest absolute Gasteiger partial charge is 0.308 e. The molecule has 0 saturated carbocycles. The average Bonchev–Trinajstić information content (AvgIpc) is 3.83. The molecule has 18 heteroatoms. The van der Waals surface area contributed by atoms with E-state index in [0.29, 0.717) is 32.1 Å². The molecular weight excluding hydrogens is 1080 g/mol. The summed E-state index contributed by atoms with van der Waals surface area (Å²) >= 11 is 18.9. The second-order valence-electron chi connectivity index (χ2n) is 18.2. The van der Waals surface area contributed by atoms with Crippen LogP contribution < -0.4 is 0 Å². The van der Waals surface area contributed by atoms with Crippen molar-refractivity contribution in [1.82, 2.24) is 0 Å². The van der Waals surface area contributed by atoms with E-state index in [9.17, 15) is 9.59 Å². The van der Waals surface area contributed by atoms with Crippen LogP contribution in [0.5, 0.6) is 0 Å². The molecule has 12 aliphatic rings. The Bertz CT molecular complexity index is 1670. The number of carbonyl (C=O) groups excluding carboxylic acids is 2. The van der Waals surface area contributed by atoms with E-state index in [1.807, 2.05) is 6.92 Å². The minimum absolute atomic E-state index is 0.00459. The Hall–Kier alpha value is 0.610. The predicted molar refractivity (Wildman–Crippen MR) is 242 cm³/mol. The molecule has 12 bridgehead atoms. The molecule has 61 heavy (non-hydrogen) atoms. The number of allylic oxidation sites excluding steroid dienone is 2. The summed E-state index contributed by atoms with van der Waals surface area (Å²) in [5.41, 5.74) is 0. The van der Waals surface area contributed by atoms with Crippen molar-refractivity contribution in [3.05, 3.63) is 20.3 Å². The van der Waals surface area contributed by atoms with Gasteiger partial charge in [0.15, 0.2) is 16.7 Å². The molecule has 0 aromatic carbocycles. The van der Waals surface area contributed by atoms with E-state index in [4.69, 9.17) is 75.3 Å². The zero-order valence-corrected chi connectivity index (χ0v) is 41.3. The number of alkyl halides is 2. The van der Waals surface area contributed by atoms with Gasteiger partial charge in [0.25, 0.3) is 0 Å². The number of fused-ring (bicyclic) bond motifs is 2. The van der Waals surface area contributed by atoms with Crippen molar-refractivity contribution >= 4 is 91.2 Å². The zero-order chi connectivity index (χ0) is 42.8. The van der Waals surface area contributed by atoms with Gasteiger partial charge >= 0.3 is 5.97 Å². The molecule has 4 unspecified atom stereocenters. The Balaban J connectivity index is 0.000000156. The zero-order valence-electron chi connectivity index (χ0n) is 34.6. The van der Waals surface area contributed by atoms with E-state index in [2.05, 4.69) is 58.3 Å². The Labute approximate surface area is 399 Å². The second kappa shape index (κ2) is 19.3. The van der Waals surface area contributed by atoms with E-state index in [0.717, 1.165) is 64.3 Å². The van der Waals surface area contributed by atoms with Crippen LogP contribution in [0.3, 0.4) is 0 Å². The maximum absolute atomic E-state index is 12.2. The van der Waals surface area contributed by atoms with Gasteiger partial charge in [-0.05, 0) is 109 Å². The number of carbonyl (C=O) groups is 2. The van der Waals surface area contributed by atoms with Gasteiger partial charge in [-0.15, -0.1) is 23.2 Å². The molecule has 12 fully saturated rings. The second-order valence-corrected chi connectivity index (χ2v) is 23.8. The predicted octanol–water partition coefficient (Wildman–Crippen LogP) is 7.59. The number of hydrogen-bond acceptors (Lipinski definition) is 14. The Morgan fingerprint density at radius 2 is 1.07 bits per heavy atom. The van der Waals surface area contributed by atoms with Crippen molar-refractivity contribution in [2.24, 2.45) is 0 Å². The topological polar surface area (TPSA) is 136 Å². The maximum Gasteiger partial charge on any atom is 0.308 e. The van der Waals surface area contributed by atoms with Crippen LogP contribution in [-0.2, 0) is 61.7 Å². The van der Waals surface area contributed by atoms with E-state index in [1.165, 1.54) is 18.9 Å². The number of methoxy groups -OCH3 is 1. The fourth-order valence-corrected chi connectivity index (χ4v) is 14.2. The molecule has 13 nitrogen and oxygen atoms in total. The maximum atomic E-state index is 12.2. The van der Waals surface area contributed by atoms with Gasteiger partial charge in [0.2, 0.25) is 0 Å². The first-order valence-electron chi connectivity index (χ1n) is 22.1. The highest BCUT2D eigenvalue weighted by molar-refractivity contribution is 14.1. The quantitative estimate of drug-likeness (QED) is 0.0906. The Kier molecular flexibility index (Phi) is 14.8. The van der Waals surface area contributed by atoms with Gasteiger partial charge in [-0.1, -0.05) is 31.8 Å². The van der Waals surface area contributed by atoms with Crippen molar-refractivity contribution in [3.8, 4) is 0 Å². The van der Waals surface area contributed by atoms with Crippen molar-refractivity contribution in [3.63, 3.8) is 0 Å².